The highest BCUT2D eigenvalue weighted by Crippen LogP contribution is 2.40. The Morgan fingerprint density at radius 2 is 2.00 bits per heavy atom. The summed E-state index contributed by atoms with van der Waals surface area (Å²) in [5, 5.41) is 2.89. The lowest BCUT2D eigenvalue weighted by Crippen LogP contribution is -2.35. The molecule has 1 aromatic carbocycles. The van der Waals surface area contributed by atoms with Gasteiger partial charge in [-0.2, -0.15) is 0 Å². The Balaban J connectivity index is 1.98. The molecule has 0 heterocycles. The first-order valence-corrected chi connectivity index (χ1v) is 6.70. The van der Waals surface area contributed by atoms with Gasteiger partial charge in [-0.3, -0.25) is 4.79 Å². The van der Waals surface area contributed by atoms with Crippen LogP contribution in [0.1, 0.15) is 49.4 Å². The SMILES string of the molecule is CCC1(CNC(=O)c2ccccc2F)CCCC1. The molecule has 0 spiro atoms. The summed E-state index contributed by atoms with van der Waals surface area (Å²) in [6.45, 7) is 2.83. The summed E-state index contributed by atoms with van der Waals surface area (Å²) in [5.41, 5.74) is 0.378. The van der Waals surface area contributed by atoms with Crippen LogP contribution in [0.5, 0.6) is 0 Å². The van der Waals surface area contributed by atoms with Gasteiger partial charge in [0.1, 0.15) is 5.82 Å². The first-order chi connectivity index (χ1) is 8.67. The minimum Gasteiger partial charge on any atom is -0.351 e. The number of hydrogen-bond acceptors (Lipinski definition) is 1. The zero-order chi connectivity index (χ0) is 13.0. The smallest absolute Gasteiger partial charge is 0.254 e. The van der Waals surface area contributed by atoms with Crippen LogP contribution in [0.15, 0.2) is 24.3 Å². The van der Waals surface area contributed by atoms with Gasteiger partial charge in [0.05, 0.1) is 5.56 Å². The lowest BCUT2D eigenvalue weighted by molar-refractivity contribution is 0.0924. The second kappa shape index (κ2) is 5.51. The van der Waals surface area contributed by atoms with Crippen molar-refractivity contribution in [3.05, 3.63) is 35.6 Å². The van der Waals surface area contributed by atoms with Gasteiger partial charge < -0.3 is 5.32 Å². The monoisotopic (exact) mass is 249 g/mol. The molecule has 0 aromatic heterocycles. The molecule has 1 aliphatic carbocycles. The zero-order valence-corrected chi connectivity index (χ0v) is 10.8. The van der Waals surface area contributed by atoms with E-state index in [-0.39, 0.29) is 16.9 Å². The third-order valence-electron chi connectivity index (χ3n) is 4.16. The quantitative estimate of drug-likeness (QED) is 0.869. The van der Waals surface area contributed by atoms with Crippen LogP contribution in [0.4, 0.5) is 4.39 Å². The molecule has 0 saturated heterocycles. The summed E-state index contributed by atoms with van der Waals surface area (Å²) in [6.07, 6.45) is 5.89. The van der Waals surface area contributed by atoms with Crippen molar-refractivity contribution in [2.24, 2.45) is 5.41 Å². The Bertz CT molecular complexity index is 424. The van der Waals surface area contributed by atoms with Gasteiger partial charge in [-0.15, -0.1) is 0 Å². The van der Waals surface area contributed by atoms with Gasteiger partial charge in [0, 0.05) is 6.54 Å². The van der Waals surface area contributed by atoms with E-state index < -0.39 is 5.82 Å². The van der Waals surface area contributed by atoms with Crippen LogP contribution >= 0.6 is 0 Å². The Kier molecular flexibility index (Phi) is 4.00. The van der Waals surface area contributed by atoms with Crippen molar-refractivity contribution in [2.75, 3.05) is 6.54 Å². The minimum absolute atomic E-state index is 0.141. The van der Waals surface area contributed by atoms with Crippen LogP contribution in [-0.4, -0.2) is 12.5 Å². The van der Waals surface area contributed by atoms with Crippen LogP contribution in [0.25, 0.3) is 0 Å². The van der Waals surface area contributed by atoms with E-state index >= 15 is 0 Å². The first kappa shape index (κ1) is 13.1. The molecule has 18 heavy (non-hydrogen) atoms. The third-order valence-corrected chi connectivity index (χ3v) is 4.16. The maximum Gasteiger partial charge on any atom is 0.254 e. The van der Waals surface area contributed by atoms with E-state index in [0.29, 0.717) is 6.54 Å². The zero-order valence-electron chi connectivity index (χ0n) is 10.8. The molecular formula is C15H20FNO. The number of halogens is 1. The Morgan fingerprint density at radius 3 is 2.61 bits per heavy atom. The van der Waals surface area contributed by atoms with Crippen molar-refractivity contribution in [3.63, 3.8) is 0 Å². The highest BCUT2D eigenvalue weighted by molar-refractivity contribution is 5.94. The van der Waals surface area contributed by atoms with E-state index in [9.17, 15) is 9.18 Å². The first-order valence-electron chi connectivity index (χ1n) is 6.70. The number of benzene rings is 1. The lowest BCUT2D eigenvalue weighted by atomic mass is 9.83. The molecule has 0 bridgehead atoms. The van der Waals surface area contributed by atoms with Gasteiger partial charge in [0.2, 0.25) is 0 Å². The molecule has 1 fully saturated rings. The van der Waals surface area contributed by atoms with E-state index in [4.69, 9.17) is 0 Å². The molecule has 3 heteroatoms. The second-order valence-electron chi connectivity index (χ2n) is 5.22. The van der Waals surface area contributed by atoms with E-state index in [1.54, 1.807) is 12.1 Å². The molecule has 1 N–H and O–H groups in total. The van der Waals surface area contributed by atoms with E-state index in [2.05, 4.69) is 12.2 Å². The molecule has 2 nitrogen and oxygen atoms in total. The number of hydrogen-bond donors (Lipinski definition) is 1. The lowest BCUT2D eigenvalue weighted by Gasteiger charge is -2.27. The number of carbonyl (C=O) groups is 1. The topological polar surface area (TPSA) is 29.1 Å². The third kappa shape index (κ3) is 2.71. The van der Waals surface area contributed by atoms with Gasteiger partial charge in [-0.1, -0.05) is 31.9 Å². The fourth-order valence-corrected chi connectivity index (χ4v) is 2.79. The highest BCUT2D eigenvalue weighted by atomic mass is 19.1. The van der Waals surface area contributed by atoms with Crippen LogP contribution < -0.4 is 5.32 Å². The molecule has 2 rings (SSSR count). The molecule has 1 aromatic rings. The van der Waals surface area contributed by atoms with Crippen LogP contribution in [-0.2, 0) is 0 Å². The predicted molar refractivity (Wildman–Crippen MR) is 69.9 cm³/mol. The van der Waals surface area contributed by atoms with Crippen molar-refractivity contribution in [1.82, 2.24) is 5.32 Å². The summed E-state index contributed by atoms with van der Waals surface area (Å²) < 4.78 is 13.5. The molecule has 98 valence electrons. The maximum absolute atomic E-state index is 13.5. The predicted octanol–water partition coefficient (Wildman–Crippen LogP) is 3.53. The summed E-state index contributed by atoms with van der Waals surface area (Å²) in [4.78, 5) is 11.9. The number of carbonyl (C=O) groups excluding carboxylic acids is 1. The number of nitrogens with one attached hydrogen (secondary N) is 1. The molecule has 1 aliphatic rings. The van der Waals surface area contributed by atoms with Crippen molar-refractivity contribution < 1.29 is 9.18 Å². The molecule has 0 atom stereocenters. The molecular weight excluding hydrogens is 229 g/mol. The molecule has 0 unspecified atom stereocenters. The average molecular weight is 249 g/mol. The highest BCUT2D eigenvalue weighted by Gasteiger charge is 2.32. The maximum atomic E-state index is 13.5. The van der Waals surface area contributed by atoms with Gasteiger partial charge in [-0.05, 0) is 36.8 Å². The average Bonchev–Trinajstić information content (AvgIpc) is 2.86. The largest absolute Gasteiger partial charge is 0.351 e. The number of amides is 1. The Morgan fingerprint density at radius 1 is 1.33 bits per heavy atom. The van der Waals surface area contributed by atoms with Crippen molar-refractivity contribution in [2.45, 2.75) is 39.0 Å². The van der Waals surface area contributed by atoms with Gasteiger partial charge in [0.25, 0.3) is 5.91 Å². The van der Waals surface area contributed by atoms with Crippen LogP contribution in [0.2, 0.25) is 0 Å². The fourth-order valence-electron chi connectivity index (χ4n) is 2.79. The van der Waals surface area contributed by atoms with Gasteiger partial charge >= 0.3 is 0 Å². The molecule has 1 saturated carbocycles. The number of rotatable bonds is 4. The van der Waals surface area contributed by atoms with E-state index in [1.807, 2.05) is 0 Å². The van der Waals surface area contributed by atoms with Crippen molar-refractivity contribution in [1.29, 1.82) is 0 Å². The normalized spacial score (nSPS) is 17.7. The Labute approximate surface area is 108 Å². The van der Waals surface area contributed by atoms with Crippen molar-refractivity contribution in [3.8, 4) is 0 Å². The molecule has 0 radical (unpaired) electrons. The van der Waals surface area contributed by atoms with Crippen LogP contribution in [0.3, 0.4) is 0 Å². The summed E-state index contributed by atoms with van der Waals surface area (Å²) >= 11 is 0. The Hall–Kier alpha value is -1.38. The minimum atomic E-state index is -0.452. The van der Waals surface area contributed by atoms with Crippen LogP contribution in [0, 0.1) is 11.2 Å². The van der Waals surface area contributed by atoms with Crippen molar-refractivity contribution >= 4 is 5.91 Å². The molecule has 1 amide bonds. The summed E-state index contributed by atoms with van der Waals surface area (Å²) in [6, 6.07) is 6.12. The molecule has 0 aliphatic heterocycles. The van der Waals surface area contributed by atoms with Gasteiger partial charge in [0.15, 0.2) is 0 Å². The van der Waals surface area contributed by atoms with E-state index in [1.165, 1.54) is 37.8 Å². The van der Waals surface area contributed by atoms with Gasteiger partial charge in [-0.25, -0.2) is 4.39 Å². The van der Waals surface area contributed by atoms with E-state index in [0.717, 1.165) is 6.42 Å². The standard InChI is InChI=1S/C15H20FNO/c1-2-15(9-5-6-10-15)11-17-14(18)12-7-3-4-8-13(12)16/h3-4,7-8H,2,5-6,9-11H2,1H3,(H,17,18). The summed E-state index contributed by atoms with van der Waals surface area (Å²) in [7, 11) is 0. The second-order valence-corrected chi connectivity index (χ2v) is 5.22. The summed E-state index contributed by atoms with van der Waals surface area (Å²) in [5.74, 6) is -0.750. The fraction of sp³-hybridized carbons (Fsp3) is 0.533.